The number of hydrogen-bond acceptors (Lipinski definition) is 2. The van der Waals surface area contributed by atoms with Gasteiger partial charge in [0.25, 0.3) is 0 Å². The third-order valence-corrected chi connectivity index (χ3v) is 2.83. The summed E-state index contributed by atoms with van der Waals surface area (Å²) in [7, 11) is 1.60. The first-order chi connectivity index (χ1) is 8.40. The topological polar surface area (TPSA) is 12.5 Å². The molecule has 0 fully saturated rings. The Kier molecular flexibility index (Phi) is 5.02. The van der Waals surface area contributed by atoms with Crippen molar-refractivity contribution in [2.24, 2.45) is 0 Å². The molecular weight excluding hydrogens is 243 g/mol. The number of anilines is 1. The quantitative estimate of drug-likeness (QED) is 0.804. The van der Waals surface area contributed by atoms with Gasteiger partial charge in [0, 0.05) is 25.9 Å². The molecule has 0 amide bonds. The van der Waals surface area contributed by atoms with E-state index in [1.807, 2.05) is 11.8 Å². The fraction of sp³-hybridized carbons (Fsp3) is 0.538. The van der Waals surface area contributed by atoms with E-state index < -0.39 is 11.7 Å². The maximum absolute atomic E-state index is 12.6. The van der Waals surface area contributed by atoms with E-state index in [-0.39, 0.29) is 5.56 Å². The van der Waals surface area contributed by atoms with Gasteiger partial charge < -0.3 is 9.64 Å². The van der Waals surface area contributed by atoms with Crippen LogP contribution in [0.2, 0.25) is 0 Å². The van der Waals surface area contributed by atoms with Gasteiger partial charge in [-0.3, -0.25) is 0 Å². The molecule has 0 spiro atoms. The number of likely N-dealkylation sites (N-methyl/N-ethyl adjacent to an activating group) is 1. The second-order valence-electron chi connectivity index (χ2n) is 4.07. The van der Waals surface area contributed by atoms with Crippen molar-refractivity contribution in [3.8, 4) is 0 Å². The summed E-state index contributed by atoms with van der Waals surface area (Å²) in [5.41, 5.74) is 0.463. The van der Waals surface area contributed by atoms with Crippen molar-refractivity contribution in [3.05, 3.63) is 29.3 Å². The van der Waals surface area contributed by atoms with Gasteiger partial charge in [-0.25, -0.2) is 0 Å². The van der Waals surface area contributed by atoms with Crippen molar-refractivity contribution in [2.45, 2.75) is 20.0 Å². The highest BCUT2D eigenvalue weighted by Gasteiger charge is 2.32. The van der Waals surface area contributed by atoms with E-state index in [9.17, 15) is 13.2 Å². The molecule has 0 saturated carbocycles. The molecule has 0 aliphatic heterocycles. The number of methoxy groups -OCH3 is 1. The molecule has 1 aromatic carbocycles. The third kappa shape index (κ3) is 3.63. The zero-order chi connectivity index (χ0) is 13.8. The largest absolute Gasteiger partial charge is 0.416 e. The van der Waals surface area contributed by atoms with Crippen LogP contribution >= 0.6 is 0 Å². The monoisotopic (exact) mass is 261 g/mol. The van der Waals surface area contributed by atoms with Crippen molar-refractivity contribution in [2.75, 3.05) is 31.7 Å². The van der Waals surface area contributed by atoms with E-state index >= 15 is 0 Å². The standard InChI is InChI=1S/C13H18F3NO/c1-4-17(7-8-18-3)11-5-6-12(10(2)9-11)13(14,15)16/h5-6,9H,4,7-8H2,1-3H3. The van der Waals surface area contributed by atoms with Crippen LogP contribution in [0.4, 0.5) is 18.9 Å². The molecule has 0 saturated heterocycles. The van der Waals surface area contributed by atoms with Gasteiger partial charge in [-0.05, 0) is 37.6 Å². The maximum atomic E-state index is 12.6. The summed E-state index contributed by atoms with van der Waals surface area (Å²) in [6, 6.07) is 4.22. The minimum atomic E-state index is -4.29. The van der Waals surface area contributed by atoms with Crippen LogP contribution in [0.1, 0.15) is 18.1 Å². The smallest absolute Gasteiger partial charge is 0.383 e. The fourth-order valence-corrected chi connectivity index (χ4v) is 1.83. The Morgan fingerprint density at radius 2 is 1.94 bits per heavy atom. The van der Waals surface area contributed by atoms with E-state index in [4.69, 9.17) is 4.74 Å². The average Bonchev–Trinajstić information content (AvgIpc) is 2.28. The summed E-state index contributed by atoms with van der Waals surface area (Å²) in [6.07, 6.45) is -4.29. The van der Waals surface area contributed by atoms with Crippen LogP contribution in [-0.2, 0) is 10.9 Å². The molecule has 0 bridgehead atoms. The van der Waals surface area contributed by atoms with Crippen LogP contribution < -0.4 is 4.90 Å². The number of alkyl halides is 3. The highest BCUT2D eigenvalue weighted by molar-refractivity contribution is 5.51. The third-order valence-electron chi connectivity index (χ3n) is 2.83. The van der Waals surface area contributed by atoms with Crippen molar-refractivity contribution >= 4 is 5.69 Å². The minimum Gasteiger partial charge on any atom is -0.383 e. The van der Waals surface area contributed by atoms with E-state index in [1.165, 1.54) is 13.0 Å². The molecule has 0 aliphatic rings. The van der Waals surface area contributed by atoms with Crippen molar-refractivity contribution in [1.29, 1.82) is 0 Å². The van der Waals surface area contributed by atoms with Gasteiger partial charge in [0.2, 0.25) is 0 Å². The summed E-state index contributed by atoms with van der Waals surface area (Å²) >= 11 is 0. The zero-order valence-electron chi connectivity index (χ0n) is 10.8. The number of halogens is 3. The predicted octanol–water partition coefficient (Wildman–Crippen LogP) is 3.49. The normalized spacial score (nSPS) is 11.7. The van der Waals surface area contributed by atoms with Crippen LogP contribution in [-0.4, -0.2) is 26.8 Å². The molecule has 1 rings (SSSR count). The lowest BCUT2D eigenvalue weighted by atomic mass is 10.1. The fourth-order valence-electron chi connectivity index (χ4n) is 1.83. The van der Waals surface area contributed by atoms with Crippen molar-refractivity contribution in [1.82, 2.24) is 0 Å². The van der Waals surface area contributed by atoms with E-state index in [1.54, 1.807) is 13.2 Å². The molecule has 0 radical (unpaired) electrons. The number of nitrogens with zero attached hydrogens (tertiary/aromatic N) is 1. The Morgan fingerprint density at radius 3 is 2.39 bits per heavy atom. The summed E-state index contributed by atoms with van der Waals surface area (Å²) in [5.74, 6) is 0. The second-order valence-corrected chi connectivity index (χ2v) is 4.07. The Labute approximate surface area is 105 Å². The summed E-state index contributed by atoms with van der Waals surface area (Å²) < 4.78 is 42.9. The lowest BCUT2D eigenvalue weighted by Crippen LogP contribution is -2.27. The number of rotatable bonds is 5. The van der Waals surface area contributed by atoms with Crippen LogP contribution in [0, 0.1) is 6.92 Å². The maximum Gasteiger partial charge on any atom is 0.416 e. The first kappa shape index (κ1) is 14.8. The molecule has 0 aromatic heterocycles. The molecule has 1 aromatic rings. The number of hydrogen-bond donors (Lipinski definition) is 0. The lowest BCUT2D eigenvalue weighted by molar-refractivity contribution is -0.138. The Bertz CT molecular complexity index is 390. The summed E-state index contributed by atoms with van der Waals surface area (Å²) in [6.45, 7) is 5.39. The SMILES string of the molecule is CCN(CCOC)c1ccc(C(F)(F)F)c(C)c1. The Hall–Kier alpha value is -1.23. The molecule has 0 N–H and O–H groups in total. The second kappa shape index (κ2) is 6.09. The van der Waals surface area contributed by atoms with Crippen molar-refractivity contribution < 1.29 is 17.9 Å². The Balaban J connectivity index is 2.95. The molecule has 0 aliphatic carbocycles. The van der Waals surface area contributed by atoms with Crippen LogP contribution in [0.15, 0.2) is 18.2 Å². The lowest BCUT2D eigenvalue weighted by Gasteiger charge is -2.24. The van der Waals surface area contributed by atoms with Gasteiger partial charge >= 0.3 is 6.18 Å². The average molecular weight is 261 g/mol. The zero-order valence-corrected chi connectivity index (χ0v) is 10.8. The molecule has 18 heavy (non-hydrogen) atoms. The molecular formula is C13H18F3NO. The van der Waals surface area contributed by atoms with Gasteiger partial charge in [-0.2, -0.15) is 13.2 Å². The number of ether oxygens (including phenoxy) is 1. The molecule has 0 atom stereocenters. The van der Waals surface area contributed by atoms with Gasteiger partial charge in [0.05, 0.1) is 12.2 Å². The Morgan fingerprint density at radius 1 is 1.28 bits per heavy atom. The molecule has 2 nitrogen and oxygen atoms in total. The molecule has 5 heteroatoms. The van der Waals surface area contributed by atoms with Gasteiger partial charge in [0.1, 0.15) is 0 Å². The number of aryl methyl sites for hydroxylation is 1. The summed E-state index contributed by atoms with van der Waals surface area (Å²) in [4.78, 5) is 1.98. The van der Waals surface area contributed by atoms with Gasteiger partial charge in [0.15, 0.2) is 0 Å². The molecule has 0 heterocycles. The number of benzene rings is 1. The predicted molar refractivity (Wildman–Crippen MR) is 65.9 cm³/mol. The summed E-state index contributed by atoms with van der Waals surface area (Å²) in [5, 5.41) is 0. The minimum absolute atomic E-state index is 0.246. The van der Waals surface area contributed by atoms with Crippen molar-refractivity contribution in [3.63, 3.8) is 0 Å². The van der Waals surface area contributed by atoms with Crippen LogP contribution in [0.3, 0.4) is 0 Å². The van der Waals surface area contributed by atoms with Crippen LogP contribution in [0.5, 0.6) is 0 Å². The molecule has 0 unspecified atom stereocenters. The first-order valence-corrected chi connectivity index (χ1v) is 5.82. The van der Waals surface area contributed by atoms with Crippen LogP contribution in [0.25, 0.3) is 0 Å². The van der Waals surface area contributed by atoms with E-state index in [0.29, 0.717) is 13.2 Å². The highest BCUT2D eigenvalue weighted by Crippen LogP contribution is 2.33. The van der Waals surface area contributed by atoms with Gasteiger partial charge in [-0.15, -0.1) is 0 Å². The first-order valence-electron chi connectivity index (χ1n) is 5.82. The van der Waals surface area contributed by atoms with E-state index in [2.05, 4.69) is 0 Å². The molecule has 102 valence electrons. The van der Waals surface area contributed by atoms with E-state index in [0.717, 1.165) is 18.3 Å². The highest BCUT2D eigenvalue weighted by atomic mass is 19.4. The van der Waals surface area contributed by atoms with Gasteiger partial charge in [-0.1, -0.05) is 0 Å².